The van der Waals surface area contributed by atoms with Crippen molar-refractivity contribution in [2.75, 3.05) is 31.7 Å². The van der Waals surface area contributed by atoms with E-state index in [2.05, 4.69) is 24.1 Å². The second-order valence-corrected chi connectivity index (χ2v) is 6.16. The zero-order chi connectivity index (χ0) is 15.2. The van der Waals surface area contributed by atoms with Crippen LogP contribution in [0.3, 0.4) is 0 Å². The second-order valence-electron chi connectivity index (χ2n) is 6.16. The Morgan fingerprint density at radius 2 is 2.05 bits per heavy atom. The van der Waals surface area contributed by atoms with Crippen molar-refractivity contribution >= 4 is 5.69 Å². The molecule has 1 aromatic rings. The molecular formula is C17H27FN2O. The van der Waals surface area contributed by atoms with E-state index < -0.39 is 0 Å². The zero-order valence-electron chi connectivity index (χ0n) is 13.4. The molecule has 0 saturated carbocycles. The van der Waals surface area contributed by atoms with Crippen LogP contribution in [0.1, 0.15) is 32.3 Å². The van der Waals surface area contributed by atoms with E-state index in [1.165, 1.54) is 0 Å². The highest BCUT2D eigenvalue weighted by Crippen LogP contribution is 2.28. The van der Waals surface area contributed by atoms with Crippen LogP contribution in [0, 0.1) is 11.7 Å². The van der Waals surface area contributed by atoms with Crippen molar-refractivity contribution in [3.8, 4) is 0 Å². The first-order chi connectivity index (χ1) is 10.1. The van der Waals surface area contributed by atoms with Gasteiger partial charge in [0.25, 0.3) is 0 Å². The van der Waals surface area contributed by atoms with E-state index >= 15 is 0 Å². The minimum absolute atomic E-state index is 0.111. The minimum atomic E-state index is -0.111. The number of piperidine rings is 1. The lowest BCUT2D eigenvalue weighted by molar-refractivity contribution is 0.139. The number of hydrogen-bond acceptors (Lipinski definition) is 3. The van der Waals surface area contributed by atoms with Crippen LogP contribution in [0.5, 0.6) is 0 Å². The number of methoxy groups -OCH3 is 1. The van der Waals surface area contributed by atoms with Gasteiger partial charge in [0.05, 0.1) is 0 Å². The molecule has 0 spiro atoms. The first-order valence-electron chi connectivity index (χ1n) is 7.86. The zero-order valence-corrected chi connectivity index (χ0v) is 13.4. The summed E-state index contributed by atoms with van der Waals surface area (Å²) in [6.07, 6.45) is 2.23. The van der Waals surface area contributed by atoms with Gasteiger partial charge < -0.3 is 15.0 Å². The molecule has 0 unspecified atom stereocenters. The Hall–Kier alpha value is -1.13. The molecule has 4 heteroatoms. The summed E-state index contributed by atoms with van der Waals surface area (Å²) in [4.78, 5) is 2.31. The number of ether oxygens (including phenoxy) is 1. The van der Waals surface area contributed by atoms with Crippen molar-refractivity contribution in [2.24, 2.45) is 5.92 Å². The largest absolute Gasteiger partial charge is 0.384 e. The van der Waals surface area contributed by atoms with E-state index in [-0.39, 0.29) is 5.82 Å². The number of halogens is 1. The van der Waals surface area contributed by atoms with Crippen LogP contribution in [0.2, 0.25) is 0 Å². The molecule has 0 amide bonds. The van der Waals surface area contributed by atoms with Gasteiger partial charge in [-0.25, -0.2) is 4.39 Å². The highest BCUT2D eigenvalue weighted by Gasteiger charge is 2.22. The molecule has 1 aromatic carbocycles. The summed E-state index contributed by atoms with van der Waals surface area (Å²) < 4.78 is 19.4. The third-order valence-electron chi connectivity index (χ3n) is 4.14. The summed E-state index contributed by atoms with van der Waals surface area (Å²) in [5.41, 5.74) is 1.83. The molecule has 0 bridgehead atoms. The Morgan fingerprint density at radius 1 is 1.33 bits per heavy atom. The number of anilines is 1. The van der Waals surface area contributed by atoms with Crippen molar-refractivity contribution in [1.82, 2.24) is 5.32 Å². The van der Waals surface area contributed by atoms with Crippen LogP contribution in [0.15, 0.2) is 18.2 Å². The van der Waals surface area contributed by atoms with Crippen LogP contribution in [0.25, 0.3) is 0 Å². The van der Waals surface area contributed by atoms with Gasteiger partial charge in [0, 0.05) is 50.6 Å². The predicted molar refractivity (Wildman–Crippen MR) is 85.2 cm³/mol. The third-order valence-corrected chi connectivity index (χ3v) is 4.14. The molecule has 21 heavy (non-hydrogen) atoms. The van der Waals surface area contributed by atoms with E-state index in [1.807, 2.05) is 12.1 Å². The van der Waals surface area contributed by atoms with Crippen molar-refractivity contribution in [3.05, 3.63) is 29.6 Å². The molecule has 0 radical (unpaired) electrons. The quantitative estimate of drug-likeness (QED) is 0.872. The fourth-order valence-corrected chi connectivity index (χ4v) is 2.90. The molecule has 1 saturated heterocycles. The molecule has 3 nitrogen and oxygen atoms in total. The van der Waals surface area contributed by atoms with Crippen LogP contribution in [-0.4, -0.2) is 32.8 Å². The number of rotatable bonds is 6. The molecule has 1 aliphatic heterocycles. The van der Waals surface area contributed by atoms with E-state index in [0.29, 0.717) is 18.5 Å². The maximum atomic E-state index is 14.2. The standard InChI is InChI=1S/C17H27FN2O/c1-13(2)19-11-15-16(18)5-4-6-17(15)20-9-7-14(8-10-20)12-21-3/h4-6,13-14,19H,7-12H2,1-3H3. The normalized spacial score (nSPS) is 16.7. The lowest BCUT2D eigenvalue weighted by Gasteiger charge is -2.34. The molecule has 0 aliphatic carbocycles. The molecule has 118 valence electrons. The van der Waals surface area contributed by atoms with Gasteiger partial charge in [0.1, 0.15) is 5.82 Å². The molecule has 1 heterocycles. The van der Waals surface area contributed by atoms with Crippen molar-refractivity contribution in [1.29, 1.82) is 0 Å². The highest BCUT2D eigenvalue weighted by molar-refractivity contribution is 5.54. The predicted octanol–water partition coefficient (Wildman–Crippen LogP) is 3.19. The fraction of sp³-hybridized carbons (Fsp3) is 0.647. The van der Waals surface area contributed by atoms with Crippen molar-refractivity contribution in [3.63, 3.8) is 0 Å². The molecule has 0 atom stereocenters. The Morgan fingerprint density at radius 3 is 2.67 bits per heavy atom. The molecule has 0 aromatic heterocycles. The van der Waals surface area contributed by atoms with Crippen LogP contribution >= 0.6 is 0 Å². The highest BCUT2D eigenvalue weighted by atomic mass is 19.1. The topological polar surface area (TPSA) is 24.5 Å². The molecule has 1 fully saturated rings. The molecule has 1 N–H and O–H groups in total. The molecule has 2 rings (SSSR count). The van der Waals surface area contributed by atoms with Gasteiger partial charge >= 0.3 is 0 Å². The van der Waals surface area contributed by atoms with E-state index in [1.54, 1.807) is 13.2 Å². The van der Waals surface area contributed by atoms with E-state index in [9.17, 15) is 4.39 Å². The number of hydrogen-bond donors (Lipinski definition) is 1. The number of nitrogens with one attached hydrogen (secondary N) is 1. The van der Waals surface area contributed by atoms with Gasteiger partial charge in [-0.2, -0.15) is 0 Å². The van der Waals surface area contributed by atoms with Crippen LogP contribution in [0.4, 0.5) is 10.1 Å². The lowest BCUT2D eigenvalue weighted by Crippen LogP contribution is -2.36. The van der Waals surface area contributed by atoms with Gasteiger partial charge in [-0.1, -0.05) is 19.9 Å². The first kappa shape index (κ1) is 16.2. The third kappa shape index (κ3) is 4.42. The maximum absolute atomic E-state index is 14.2. The second kappa shape index (κ2) is 7.76. The van der Waals surface area contributed by atoms with Crippen LogP contribution < -0.4 is 10.2 Å². The summed E-state index contributed by atoms with van der Waals surface area (Å²) in [5.74, 6) is 0.525. The summed E-state index contributed by atoms with van der Waals surface area (Å²) >= 11 is 0. The summed E-state index contributed by atoms with van der Waals surface area (Å²) in [7, 11) is 1.76. The smallest absolute Gasteiger partial charge is 0.129 e. The van der Waals surface area contributed by atoms with Crippen molar-refractivity contribution < 1.29 is 9.13 Å². The Kier molecular flexibility index (Phi) is 6.00. The first-order valence-corrected chi connectivity index (χ1v) is 7.86. The SMILES string of the molecule is COCC1CCN(c2cccc(F)c2CNC(C)C)CC1. The fourth-order valence-electron chi connectivity index (χ4n) is 2.90. The average Bonchev–Trinajstić information content (AvgIpc) is 2.47. The number of nitrogens with zero attached hydrogens (tertiary/aromatic N) is 1. The Balaban J connectivity index is 2.07. The monoisotopic (exact) mass is 294 g/mol. The summed E-state index contributed by atoms with van der Waals surface area (Å²) in [5, 5.41) is 3.32. The van der Waals surface area contributed by atoms with Gasteiger partial charge in [-0.15, -0.1) is 0 Å². The Labute approximate surface area is 127 Å². The van der Waals surface area contributed by atoms with Gasteiger partial charge in [0.2, 0.25) is 0 Å². The summed E-state index contributed by atoms with van der Waals surface area (Å²) in [6.45, 7) is 7.53. The van der Waals surface area contributed by atoms with Crippen molar-refractivity contribution in [2.45, 2.75) is 39.3 Å². The molecular weight excluding hydrogens is 267 g/mol. The van der Waals surface area contributed by atoms with Gasteiger partial charge in [-0.05, 0) is 30.9 Å². The van der Waals surface area contributed by atoms with Gasteiger partial charge in [-0.3, -0.25) is 0 Å². The number of benzene rings is 1. The van der Waals surface area contributed by atoms with Gasteiger partial charge in [0.15, 0.2) is 0 Å². The van der Waals surface area contributed by atoms with Crippen LogP contribution in [-0.2, 0) is 11.3 Å². The van der Waals surface area contributed by atoms with E-state index in [4.69, 9.17) is 4.74 Å². The lowest BCUT2D eigenvalue weighted by atomic mass is 9.96. The maximum Gasteiger partial charge on any atom is 0.129 e. The summed E-state index contributed by atoms with van der Waals surface area (Å²) in [6, 6.07) is 5.75. The average molecular weight is 294 g/mol. The minimum Gasteiger partial charge on any atom is -0.384 e. The Bertz CT molecular complexity index is 442. The molecule has 1 aliphatic rings. The van der Waals surface area contributed by atoms with E-state index in [0.717, 1.165) is 43.8 Å².